The lowest BCUT2D eigenvalue weighted by Crippen LogP contribution is -2.47. The van der Waals surface area contributed by atoms with Crippen molar-refractivity contribution in [3.8, 4) is 0 Å². The first-order chi connectivity index (χ1) is 17.8. The Kier molecular flexibility index (Phi) is 8.08. The second kappa shape index (κ2) is 11.4. The van der Waals surface area contributed by atoms with Gasteiger partial charge in [0.15, 0.2) is 12.4 Å². The number of halogens is 1. The number of rotatable bonds is 8. The van der Waals surface area contributed by atoms with Crippen LogP contribution in [0.5, 0.6) is 0 Å². The fourth-order valence-corrected chi connectivity index (χ4v) is 4.56. The van der Waals surface area contributed by atoms with Gasteiger partial charge >= 0.3 is 11.9 Å². The summed E-state index contributed by atoms with van der Waals surface area (Å²) in [5, 5.41) is 0. The quantitative estimate of drug-likeness (QED) is 0.303. The number of piperidine rings is 1. The highest BCUT2D eigenvalue weighted by Gasteiger charge is 2.44. The van der Waals surface area contributed by atoms with Gasteiger partial charge in [0, 0.05) is 5.56 Å². The number of imide groups is 1. The number of Topliss-reactive ketones (excluding diaryl/α,β-unsaturated/α-hetero) is 1. The van der Waals surface area contributed by atoms with E-state index in [0.29, 0.717) is 38.2 Å². The van der Waals surface area contributed by atoms with Crippen LogP contribution >= 0.6 is 0 Å². The molecule has 0 saturated carbocycles. The standard InChI is InChI=1S/C27H27FN2O7/c1-2-36-26(34)19-11-13-29(14-12-19)22-15-24(32)30(25(22)33)21-9-5-18(6-10-21)27(35)37-16-23(31)17-3-7-20(28)8-4-17/h3-10,19,22H,2,11-16H2,1H3. The molecule has 0 aliphatic carbocycles. The van der Waals surface area contributed by atoms with Crippen LogP contribution in [-0.2, 0) is 23.9 Å². The molecule has 2 heterocycles. The summed E-state index contributed by atoms with van der Waals surface area (Å²) in [6, 6.07) is 10.1. The lowest BCUT2D eigenvalue weighted by Gasteiger charge is -2.33. The van der Waals surface area contributed by atoms with Crippen LogP contribution in [0.25, 0.3) is 0 Å². The molecule has 10 heteroatoms. The highest BCUT2D eigenvalue weighted by molar-refractivity contribution is 6.22. The van der Waals surface area contributed by atoms with E-state index >= 15 is 0 Å². The van der Waals surface area contributed by atoms with Gasteiger partial charge in [-0.25, -0.2) is 14.1 Å². The minimum absolute atomic E-state index is 0.0399. The summed E-state index contributed by atoms with van der Waals surface area (Å²) < 4.78 is 23.1. The number of hydrogen-bond acceptors (Lipinski definition) is 8. The molecule has 2 saturated heterocycles. The van der Waals surface area contributed by atoms with Crippen LogP contribution in [0.15, 0.2) is 48.5 Å². The smallest absolute Gasteiger partial charge is 0.338 e. The van der Waals surface area contributed by atoms with E-state index in [9.17, 15) is 28.4 Å². The molecule has 2 amide bonds. The van der Waals surface area contributed by atoms with Crippen LogP contribution in [0.1, 0.15) is 46.9 Å². The number of esters is 2. The molecule has 0 aromatic heterocycles. The topological polar surface area (TPSA) is 110 Å². The predicted octanol–water partition coefficient (Wildman–Crippen LogP) is 2.77. The number of benzene rings is 2. The van der Waals surface area contributed by atoms with Crippen LogP contribution < -0.4 is 4.90 Å². The molecule has 0 radical (unpaired) electrons. The number of ether oxygens (including phenoxy) is 2. The van der Waals surface area contributed by atoms with Crippen LogP contribution in [0.2, 0.25) is 0 Å². The van der Waals surface area contributed by atoms with Gasteiger partial charge in [-0.3, -0.25) is 24.1 Å². The van der Waals surface area contributed by atoms with Gasteiger partial charge in [-0.1, -0.05) is 0 Å². The van der Waals surface area contributed by atoms with Gasteiger partial charge in [-0.05, 0) is 81.4 Å². The monoisotopic (exact) mass is 510 g/mol. The van der Waals surface area contributed by atoms with Gasteiger partial charge in [-0.2, -0.15) is 0 Å². The maximum absolute atomic E-state index is 13.1. The van der Waals surface area contributed by atoms with Crippen molar-refractivity contribution in [3.05, 3.63) is 65.5 Å². The second-order valence-electron chi connectivity index (χ2n) is 8.90. The van der Waals surface area contributed by atoms with Crippen molar-refractivity contribution in [3.63, 3.8) is 0 Å². The number of ketones is 1. The Morgan fingerprint density at radius 1 is 0.919 bits per heavy atom. The van der Waals surface area contributed by atoms with Gasteiger partial charge in [-0.15, -0.1) is 0 Å². The molecule has 1 atom stereocenters. The zero-order valence-corrected chi connectivity index (χ0v) is 20.4. The highest BCUT2D eigenvalue weighted by Crippen LogP contribution is 2.29. The molecule has 2 fully saturated rings. The first kappa shape index (κ1) is 26.2. The number of amides is 2. The van der Waals surface area contributed by atoms with Gasteiger partial charge in [0.2, 0.25) is 5.91 Å². The number of likely N-dealkylation sites (tertiary alicyclic amines) is 1. The minimum Gasteiger partial charge on any atom is -0.466 e. The molecule has 194 valence electrons. The highest BCUT2D eigenvalue weighted by atomic mass is 19.1. The van der Waals surface area contributed by atoms with E-state index in [-0.39, 0.29) is 41.2 Å². The van der Waals surface area contributed by atoms with Gasteiger partial charge in [0.05, 0.1) is 36.2 Å². The van der Waals surface area contributed by atoms with E-state index in [1.54, 1.807) is 6.92 Å². The summed E-state index contributed by atoms with van der Waals surface area (Å²) in [7, 11) is 0. The van der Waals surface area contributed by atoms with E-state index < -0.39 is 30.2 Å². The Hall–Kier alpha value is -3.92. The lowest BCUT2D eigenvalue weighted by atomic mass is 9.95. The molecule has 0 N–H and O–H groups in total. The van der Waals surface area contributed by atoms with Crippen molar-refractivity contribution in [2.75, 3.05) is 31.2 Å². The normalized spacial score (nSPS) is 18.6. The first-order valence-electron chi connectivity index (χ1n) is 12.1. The van der Waals surface area contributed by atoms with Gasteiger partial charge < -0.3 is 9.47 Å². The van der Waals surface area contributed by atoms with Crippen molar-refractivity contribution in [1.29, 1.82) is 0 Å². The number of carbonyl (C=O) groups excluding carboxylic acids is 5. The molecule has 1 unspecified atom stereocenters. The number of nitrogens with zero attached hydrogens (tertiary/aromatic N) is 2. The Balaban J connectivity index is 1.33. The lowest BCUT2D eigenvalue weighted by molar-refractivity contribution is -0.149. The van der Waals surface area contributed by atoms with Crippen molar-refractivity contribution in [2.24, 2.45) is 5.92 Å². The van der Waals surface area contributed by atoms with Crippen molar-refractivity contribution >= 4 is 35.2 Å². The Morgan fingerprint density at radius 2 is 1.54 bits per heavy atom. The molecular weight excluding hydrogens is 483 g/mol. The third-order valence-electron chi connectivity index (χ3n) is 6.57. The third kappa shape index (κ3) is 5.91. The summed E-state index contributed by atoms with van der Waals surface area (Å²) in [4.78, 5) is 65.3. The zero-order valence-electron chi connectivity index (χ0n) is 20.4. The molecule has 4 rings (SSSR count). The molecule has 0 spiro atoms. The third-order valence-corrected chi connectivity index (χ3v) is 6.57. The second-order valence-corrected chi connectivity index (χ2v) is 8.90. The molecule has 2 aromatic carbocycles. The maximum atomic E-state index is 13.1. The predicted molar refractivity (Wildman–Crippen MR) is 129 cm³/mol. The SMILES string of the molecule is CCOC(=O)C1CCN(C2CC(=O)N(c3ccc(C(=O)OCC(=O)c4ccc(F)cc4)cc3)C2=O)CC1. The largest absolute Gasteiger partial charge is 0.466 e. The van der Waals surface area contributed by atoms with Crippen LogP contribution in [0.4, 0.5) is 10.1 Å². The maximum Gasteiger partial charge on any atom is 0.338 e. The summed E-state index contributed by atoms with van der Waals surface area (Å²) in [6.45, 7) is 2.61. The molecule has 2 aliphatic heterocycles. The van der Waals surface area contributed by atoms with E-state index in [0.717, 1.165) is 17.0 Å². The van der Waals surface area contributed by atoms with E-state index in [1.807, 2.05) is 4.90 Å². The Bertz CT molecular complexity index is 1190. The van der Waals surface area contributed by atoms with E-state index in [4.69, 9.17) is 9.47 Å². The van der Waals surface area contributed by atoms with Crippen LogP contribution in [0, 0.1) is 11.7 Å². The minimum atomic E-state index is -0.747. The average molecular weight is 511 g/mol. The molecule has 2 aromatic rings. The average Bonchev–Trinajstić information content (AvgIpc) is 3.21. The van der Waals surface area contributed by atoms with Gasteiger partial charge in [0.25, 0.3) is 5.91 Å². The van der Waals surface area contributed by atoms with Crippen molar-refractivity contribution < 1.29 is 37.8 Å². The fourth-order valence-electron chi connectivity index (χ4n) is 4.56. The number of hydrogen-bond donors (Lipinski definition) is 0. The van der Waals surface area contributed by atoms with Crippen LogP contribution in [0.3, 0.4) is 0 Å². The zero-order chi connectivity index (χ0) is 26.5. The molecule has 9 nitrogen and oxygen atoms in total. The molecular formula is C27H27FN2O7. The summed E-state index contributed by atoms with van der Waals surface area (Å²) in [5.74, 6) is -2.82. The van der Waals surface area contributed by atoms with Crippen LogP contribution in [-0.4, -0.2) is 66.8 Å². The van der Waals surface area contributed by atoms with E-state index in [2.05, 4.69) is 0 Å². The Labute approximate surface area is 213 Å². The fraction of sp³-hybridized carbons (Fsp3) is 0.370. The molecule has 0 bridgehead atoms. The first-order valence-corrected chi connectivity index (χ1v) is 12.1. The van der Waals surface area contributed by atoms with Crippen molar-refractivity contribution in [1.82, 2.24) is 4.90 Å². The molecule has 37 heavy (non-hydrogen) atoms. The Morgan fingerprint density at radius 3 is 2.16 bits per heavy atom. The molecule has 2 aliphatic rings. The summed E-state index contributed by atoms with van der Waals surface area (Å²) in [5.41, 5.74) is 0.695. The number of carbonyl (C=O) groups is 5. The van der Waals surface area contributed by atoms with Gasteiger partial charge in [0.1, 0.15) is 5.82 Å². The summed E-state index contributed by atoms with van der Waals surface area (Å²) >= 11 is 0. The van der Waals surface area contributed by atoms with E-state index in [1.165, 1.54) is 36.4 Å². The summed E-state index contributed by atoms with van der Waals surface area (Å²) in [6.07, 6.45) is 1.17. The number of anilines is 1. The van der Waals surface area contributed by atoms with Crippen molar-refractivity contribution in [2.45, 2.75) is 32.2 Å².